The number of nitrogens with one attached hydrogen (secondary N) is 1. The summed E-state index contributed by atoms with van der Waals surface area (Å²) in [5, 5.41) is 11.8. The van der Waals surface area contributed by atoms with Gasteiger partial charge in [0.15, 0.2) is 0 Å². The highest BCUT2D eigenvalue weighted by molar-refractivity contribution is 5.98. The average molecular weight is 267 g/mol. The summed E-state index contributed by atoms with van der Waals surface area (Å²) in [4.78, 5) is 22.8. The number of carboxylic acids is 1. The van der Waals surface area contributed by atoms with Crippen molar-refractivity contribution in [2.24, 2.45) is 0 Å². The molecule has 0 fully saturated rings. The molecule has 0 radical (unpaired) electrons. The van der Waals surface area contributed by atoms with E-state index in [0.717, 1.165) is 23.1 Å². The number of carbonyl (C=O) groups is 2. The molecule has 0 spiro atoms. The summed E-state index contributed by atoms with van der Waals surface area (Å²) in [5.74, 6) is -1.02. The number of carbonyl (C=O) groups excluding carboxylic acids is 1. The Morgan fingerprint density at radius 1 is 1.10 bits per heavy atom. The lowest BCUT2D eigenvalue weighted by Crippen LogP contribution is -2.31. The van der Waals surface area contributed by atoms with Gasteiger partial charge in [-0.05, 0) is 41.3 Å². The first kappa shape index (κ1) is 12.4. The second kappa shape index (κ2) is 4.81. The summed E-state index contributed by atoms with van der Waals surface area (Å²) in [6, 6.07) is 12.4. The predicted octanol–water partition coefficient (Wildman–Crippen LogP) is 2.34. The van der Waals surface area contributed by atoms with Gasteiger partial charge in [-0.15, -0.1) is 0 Å². The Labute approximate surface area is 116 Å². The lowest BCUT2D eigenvalue weighted by Gasteiger charge is -2.17. The van der Waals surface area contributed by atoms with Crippen LogP contribution in [0.1, 0.15) is 26.3 Å². The van der Waals surface area contributed by atoms with E-state index in [-0.39, 0.29) is 11.5 Å². The number of amides is 1. The highest BCUT2D eigenvalue weighted by atomic mass is 16.4. The van der Waals surface area contributed by atoms with Crippen LogP contribution >= 0.6 is 0 Å². The number of hydrogen-bond acceptors (Lipinski definition) is 2. The zero-order chi connectivity index (χ0) is 14.1. The van der Waals surface area contributed by atoms with Crippen molar-refractivity contribution in [1.29, 1.82) is 0 Å². The van der Waals surface area contributed by atoms with Crippen LogP contribution in [0.15, 0.2) is 42.5 Å². The molecule has 3 rings (SSSR count). The molecular weight excluding hydrogens is 254 g/mol. The van der Waals surface area contributed by atoms with Crippen molar-refractivity contribution in [3.8, 4) is 11.1 Å². The third kappa shape index (κ3) is 2.16. The fraction of sp³-hybridized carbons (Fsp3) is 0.125. The maximum atomic E-state index is 11.8. The van der Waals surface area contributed by atoms with Crippen LogP contribution in [0.4, 0.5) is 0 Å². The number of carboxylic acid groups (broad SMARTS) is 1. The van der Waals surface area contributed by atoms with Gasteiger partial charge in [0.2, 0.25) is 0 Å². The van der Waals surface area contributed by atoms with E-state index < -0.39 is 5.97 Å². The Morgan fingerprint density at radius 3 is 2.70 bits per heavy atom. The Bertz CT molecular complexity index is 707. The number of fused-ring (bicyclic) bond motifs is 1. The predicted molar refractivity (Wildman–Crippen MR) is 74.9 cm³/mol. The van der Waals surface area contributed by atoms with Crippen molar-refractivity contribution in [3.05, 3.63) is 59.2 Å². The first-order valence-electron chi connectivity index (χ1n) is 6.40. The van der Waals surface area contributed by atoms with Crippen LogP contribution in [-0.4, -0.2) is 23.5 Å². The molecule has 4 nitrogen and oxygen atoms in total. The fourth-order valence-electron chi connectivity index (χ4n) is 2.42. The largest absolute Gasteiger partial charge is 0.478 e. The second-order valence-corrected chi connectivity index (χ2v) is 4.76. The van der Waals surface area contributed by atoms with Gasteiger partial charge in [-0.2, -0.15) is 0 Å². The minimum Gasteiger partial charge on any atom is -0.478 e. The van der Waals surface area contributed by atoms with Crippen molar-refractivity contribution in [2.75, 3.05) is 6.54 Å². The van der Waals surface area contributed by atoms with Crippen LogP contribution in [0.2, 0.25) is 0 Å². The minimum atomic E-state index is -0.956. The highest BCUT2D eigenvalue weighted by Gasteiger charge is 2.17. The van der Waals surface area contributed by atoms with Crippen molar-refractivity contribution < 1.29 is 14.7 Å². The Balaban J connectivity index is 2.07. The van der Waals surface area contributed by atoms with Gasteiger partial charge in [-0.25, -0.2) is 4.79 Å². The average Bonchev–Trinajstić information content (AvgIpc) is 2.47. The maximum absolute atomic E-state index is 11.8. The smallest absolute Gasteiger partial charge is 0.335 e. The molecule has 2 aromatic rings. The van der Waals surface area contributed by atoms with Gasteiger partial charge in [-0.3, -0.25) is 4.79 Å². The minimum absolute atomic E-state index is 0.0671. The quantitative estimate of drug-likeness (QED) is 0.877. The normalized spacial score (nSPS) is 13.5. The third-order valence-corrected chi connectivity index (χ3v) is 3.48. The van der Waals surface area contributed by atoms with E-state index in [1.807, 2.05) is 24.3 Å². The highest BCUT2D eigenvalue weighted by Crippen LogP contribution is 2.25. The van der Waals surface area contributed by atoms with Gasteiger partial charge in [0.05, 0.1) is 5.56 Å². The van der Waals surface area contributed by atoms with Gasteiger partial charge in [0, 0.05) is 12.1 Å². The SMILES string of the molecule is O=C(O)c1cccc(-c2ccc3c(c2)C(=O)NCC3)c1. The van der Waals surface area contributed by atoms with Crippen molar-refractivity contribution >= 4 is 11.9 Å². The molecule has 0 saturated heterocycles. The molecule has 2 N–H and O–H groups in total. The van der Waals surface area contributed by atoms with Crippen LogP contribution in [0, 0.1) is 0 Å². The van der Waals surface area contributed by atoms with Gasteiger partial charge in [0.1, 0.15) is 0 Å². The van der Waals surface area contributed by atoms with Crippen LogP contribution in [0.5, 0.6) is 0 Å². The van der Waals surface area contributed by atoms with E-state index in [1.165, 1.54) is 0 Å². The molecule has 0 aliphatic carbocycles. The standard InChI is InChI=1S/C16H13NO3/c18-15-14-9-12(5-4-10(14)6-7-17-15)11-2-1-3-13(8-11)16(19)20/h1-5,8-9H,6-7H2,(H,17,18)(H,19,20). The van der Waals surface area contributed by atoms with Gasteiger partial charge in [0.25, 0.3) is 5.91 Å². The number of hydrogen-bond donors (Lipinski definition) is 2. The fourth-order valence-corrected chi connectivity index (χ4v) is 2.42. The molecule has 0 bridgehead atoms. The van der Waals surface area contributed by atoms with Crippen molar-refractivity contribution in [2.45, 2.75) is 6.42 Å². The van der Waals surface area contributed by atoms with Crippen LogP contribution < -0.4 is 5.32 Å². The number of benzene rings is 2. The summed E-state index contributed by atoms with van der Waals surface area (Å²) in [5.41, 5.74) is 3.60. The maximum Gasteiger partial charge on any atom is 0.335 e. The molecule has 4 heteroatoms. The summed E-state index contributed by atoms with van der Waals surface area (Å²) < 4.78 is 0. The van der Waals surface area contributed by atoms with Gasteiger partial charge in [-0.1, -0.05) is 24.3 Å². The molecule has 0 saturated carbocycles. The van der Waals surface area contributed by atoms with Gasteiger partial charge < -0.3 is 10.4 Å². The first-order valence-corrected chi connectivity index (χ1v) is 6.40. The van der Waals surface area contributed by atoms with E-state index in [4.69, 9.17) is 5.11 Å². The topological polar surface area (TPSA) is 66.4 Å². The molecule has 100 valence electrons. The monoisotopic (exact) mass is 267 g/mol. The van der Waals surface area contributed by atoms with E-state index >= 15 is 0 Å². The molecule has 1 aliphatic rings. The first-order chi connectivity index (χ1) is 9.65. The lowest BCUT2D eigenvalue weighted by atomic mass is 9.94. The molecule has 0 atom stereocenters. The van der Waals surface area contributed by atoms with E-state index in [0.29, 0.717) is 12.1 Å². The molecule has 20 heavy (non-hydrogen) atoms. The van der Waals surface area contributed by atoms with Crippen molar-refractivity contribution in [3.63, 3.8) is 0 Å². The second-order valence-electron chi connectivity index (χ2n) is 4.76. The summed E-state index contributed by atoms with van der Waals surface area (Å²) >= 11 is 0. The third-order valence-electron chi connectivity index (χ3n) is 3.48. The van der Waals surface area contributed by atoms with E-state index in [2.05, 4.69) is 5.32 Å². The molecule has 1 aliphatic heterocycles. The van der Waals surface area contributed by atoms with E-state index in [9.17, 15) is 9.59 Å². The molecule has 2 aromatic carbocycles. The zero-order valence-corrected chi connectivity index (χ0v) is 10.7. The van der Waals surface area contributed by atoms with Crippen LogP contribution in [0.3, 0.4) is 0 Å². The Hall–Kier alpha value is -2.62. The lowest BCUT2D eigenvalue weighted by molar-refractivity contribution is 0.0696. The van der Waals surface area contributed by atoms with Gasteiger partial charge >= 0.3 is 5.97 Å². The number of rotatable bonds is 2. The van der Waals surface area contributed by atoms with Crippen molar-refractivity contribution in [1.82, 2.24) is 5.32 Å². The molecular formula is C16H13NO3. The molecule has 1 heterocycles. The van der Waals surface area contributed by atoms with Crippen LogP contribution in [0.25, 0.3) is 11.1 Å². The van der Waals surface area contributed by atoms with Crippen LogP contribution in [-0.2, 0) is 6.42 Å². The Kier molecular flexibility index (Phi) is 2.99. The molecule has 0 unspecified atom stereocenters. The summed E-state index contributed by atoms with van der Waals surface area (Å²) in [6.07, 6.45) is 0.830. The summed E-state index contributed by atoms with van der Waals surface area (Å²) in [7, 11) is 0. The van der Waals surface area contributed by atoms with E-state index in [1.54, 1.807) is 18.2 Å². The molecule has 0 aromatic heterocycles. The number of aromatic carboxylic acids is 1. The summed E-state index contributed by atoms with van der Waals surface area (Å²) in [6.45, 7) is 0.666. The molecule has 1 amide bonds. The zero-order valence-electron chi connectivity index (χ0n) is 10.7. The Morgan fingerprint density at radius 2 is 1.90 bits per heavy atom.